The molecule has 2 aromatic rings. The molecule has 0 fully saturated rings. The second-order valence-electron chi connectivity index (χ2n) is 9.24. The van der Waals surface area contributed by atoms with E-state index in [0.29, 0.717) is 19.4 Å². The van der Waals surface area contributed by atoms with E-state index in [1.807, 2.05) is 24.3 Å². The Kier molecular flexibility index (Phi) is 12.0. The van der Waals surface area contributed by atoms with Crippen molar-refractivity contribution in [3.05, 3.63) is 36.0 Å². The molecule has 0 aliphatic carbocycles. The lowest BCUT2D eigenvalue weighted by Gasteiger charge is -2.24. The molecule has 15 nitrogen and oxygen atoms in total. The van der Waals surface area contributed by atoms with Crippen molar-refractivity contribution in [1.29, 1.82) is 0 Å². The van der Waals surface area contributed by atoms with Crippen molar-refractivity contribution in [3.8, 4) is 0 Å². The third kappa shape index (κ3) is 9.67. The molecular weight excluding hydrogens is 526 g/mol. The highest BCUT2D eigenvalue weighted by Crippen LogP contribution is 2.18. The number of hydrogen-bond donors (Lipinski definition) is 9. The van der Waals surface area contributed by atoms with E-state index in [9.17, 15) is 39.0 Å². The first kappa shape index (κ1) is 31.7. The Morgan fingerprint density at radius 2 is 1.45 bits per heavy atom. The number of carbonyl (C=O) groups is 6. The molecule has 4 amide bonds. The van der Waals surface area contributed by atoms with Gasteiger partial charge < -0.3 is 48.3 Å². The quantitative estimate of drug-likeness (QED) is 0.0963. The number of carboxylic acid groups (broad SMARTS) is 2. The van der Waals surface area contributed by atoms with Gasteiger partial charge in [-0.15, -0.1) is 0 Å². The minimum Gasteiger partial charge on any atom is -0.481 e. The lowest BCUT2D eigenvalue weighted by atomic mass is 10.0. The molecule has 1 aromatic carbocycles. The van der Waals surface area contributed by atoms with Crippen molar-refractivity contribution >= 4 is 46.5 Å². The van der Waals surface area contributed by atoms with Crippen molar-refractivity contribution in [1.82, 2.24) is 20.9 Å². The molecule has 4 unspecified atom stereocenters. The molecule has 0 bridgehead atoms. The molecule has 12 N–H and O–H groups in total. The number of unbranched alkanes of at least 4 members (excludes halogenated alkanes) is 1. The average molecular weight is 562 g/mol. The fraction of sp³-hybridized carbons (Fsp3) is 0.440. The molecule has 1 heterocycles. The molecule has 0 saturated carbocycles. The molecule has 0 spiro atoms. The van der Waals surface area contributed by atoms with Crippen LogP contribution in [0.2, 0.25) is 0 Å². The van der Waals surface area contributed by atoms with Crippen molar-refractivity contribution in [3.63, 3.8) is 0 Å². The number of nitrogens with two attached hydrogens (primary N) is 3. The summed E-state index contributed by atoms with van der Waals surface area (Å²) in [6.45, 7) is 0.322. The molecule has 0 aliphatic rings. The van der Waals surface area contributed by atoms with Crippen LogP contribution in [0.3, 0.4) is 0 Å². The van der Waals surface area contributed by atoms with Gasteiger partial charge in [0.05, 0.1) is 18.9 Å². The Morgan fingerprint density at radius 3 is 2.05 bits per heavy atom. The number of aliphatic carboxylic acids is 2. The second-order valence-corrected chi connectivity index (χ2v) is 9.24. The van der Waals surface area contributed by atoms with E-state index in [0.717, 1.165) is 16.5 Å². The summed E-state index contributed by atoms with van der Waals surface area (Å²) >= 11 is 0. The molecule has 40 heavy (non-hydrogen) atoms. The maximum atomic E-state index is 13.0. The number of nitrogens with one attached hydrogen (secondary N) is 4. The van der Waals surface area contributed by atoms with Crippen LogP contribution < -0.4 is 33.2 Å². The Labute approximate surface area is 229 Å². The Hall–Kier alpha value is -4.50. The summed E-state index contributed by atoms with van der Waals surface area (Å²) in [7, 11) is 0. The monoisotopic (exact) mass is 561 g/mol. The van der Waals surface area contributed by atoms with E-state index in [1.54, 1.807) is 6.20 Å². The van der Waals surface area contributed by atoms with Gasteiger partial charge in [0.2, 0.25) is 23.6 Å². The van der Waals surface area contributed by atoms with Crippen LogP contribution in [0.5, 0.6) is 0 Å². The number of para-hydroxylation sites is 1. The fourth-order valence-corrected chi connectivity index (χ4v) is 4.00. The fourth-order valence-electron chi connectivity index (χ4n) is 4.00. The lowest BCUT2D eigenvalue weighted by molar-refractivity contribution is -0.143. The van der Waals surface area contributed by atoms with Gasteiger partial charge in [0.1, 0.15) is 18.1 Å². The SMILES string of the molecule is NCCCCC(NC(=O)C(CC(N)=O)NC(=O)C(CC(=O)O)NC(=O)C(N)Cc1c[nH]c2ccccc12)C(=O)O. The van der Waals surface area contributed by atoms with Crippen molar-refractivity contribution in [2.24, 2.45) is 17.2 Å². The van der Waals surface area contributed by atoms with Gasteiger partial charge >= 0.3 is 11.9 Å². The van der Waals surface area contributed by atoms with Gasteiger partial charge in [0.25, 0.3) is 0 Å². The van der Waals surface area contributed by atoms with Gasteiger partial charge in [-0.3, -0.25) is 24.0 Å². The van der Waals surface area contributed by atoms with Gasteiger partial charge in [-0.05, 0) is 43.9 Å². The zero-order chi connectivity index (χ0) is 29.8. The predicted octanol–water partition coefficient (Wildman–Crippen LogP) is -1.94. The molecule has 0 saturated heterocycles. The number of rotatable bonds is 17. The molecule has 1 aromatic heterocycles. The summed E-state index contributed by atoms with van der Waals surface area (Å²) in [5.74, 6) is -6.72. The average Bonchev–Trinajstić information content (AvgIpc) is 3.29. The summed E-state index contributed by atoms with van der Waals surface area (Å²) < 4.78 is 0. The second kappa shape index (κ2) is 15.2. The number of aromatic amines is 1. The minimum absolute atomic E-state index is 0.0432. The third-order valence-electron chi connectivity index (χ3n) is 6.06. The van der Waals surface area contributed by atoms with E-state index >= 15 is 0 Å². The summed E-state index contributed by atoms with van der Waals surface area (Å²) in [5.41, 5.74) is 18.2. The Bertz CT molecular complexity index is 1230. The number of carbonyl (C=O) groups excluding carboxylic acids is 4. The van der Waals surface area contributed by atoms with E-state index in [1.165, 1.54) is 0 Å². The smallest absolute Gasteiger partial charge is 0.326 e. The maximum absolute atomic E-state index is 13.0. The number of hydrogen-bond acceptors (Lipinski definition) is 8. The number of primary amides is 1. The third-order valence-corrected chi connectivity index (χ3v) is 6.06. The summed E-state index contributed by atoms with van der Waals surface area (Å²) in [6, 6.07) is 1.55. The number of carboxylic acids is 2. The lowest BCUT2D eigenvalue weighted by Crippen LogP contribution is -2.58. The molecular formula is C25H35N7O8. The largest absolute Gasteiger partial charge is 0.481 e. The van der Waals surface area contributed by atoms with Crippen LogP contribution in [0.25, 0.3) is 10.9 Å². The first-order chi connectivity index (χ1) is 18.9. The van der Waals surface area contributed by atoms with Gasteiger partial charge in [0, 0.05) is 17.1 Å². The molecule has 2 rings (SSSR count). The summed E-state index contributed by atoms with van der Waals surface area (Å²) in [4.78, 5) is 76.1. The van der Waals surface area contributed by atoms with Crippen LogP contribution in [0.15, 0.2) is 30.5 Å². The van der Waals surface area contributed by atoms with Gasteiger partial charge in [0.15, 0.2) is 0 Å². The van der Waals surface area contributed by atoms with Crippen LogP contribution in [0.4, 0.5) is 0 Å². The minimum atomic E-state index is -1.66. The number of fused-ring (bicyclic) bond motifs is 1. The predicted molar refractivity (Wildman–Crippen MR) is 142 cm³/mol. The number of aromatic nitrogens is 1. The van der Waals surface area contributed by atoms with Crippen LogP contribution in [0, 0.1) is 0 Å². The summed E-state index contributed by atoms with van der Waals surface area (Å²) in [5, 5.41) is 26.2. The summed E-state index contributed by atoms with van der Waals surface area (Å²) in [6.07, 6.45) is 1.14. The van der Waals surface area contributed by atoms with Gasteiger partial charge in [-0.25, -0.2) is 4.79 Å². The highest BCUT2D eigenvalue weighted by molar-refractivity contribution is 5.97. The van der Waals surface area contributed by atoms with E-state index < -0.39 is 72.6 Å². The Morgan fingerprint density at radius 1 is 0.850 bits per heavy atom. The van der Waals surface area contributed by atoms with E-state index in [4.69, 9.17) is 17.2 Å². The van der Waals surface area contributed by atoms with E-state index in [-0.39, 0.29) is 12.8 Å². The van der Waals surface area contributed by atoms with Crippen LogP contribution >= 0.6 is 0 Å². The molecule has 0 radical (unpaired) electrons. The maximum Gasteiger partial charge on any atom is 0.326 e. The van der Waals surface area contributed by atoms with Crippen LogP contribution in [0.1, 0.15) is 37.7 Å². The normalized spacial score (nSPS) is 13.9. The topological polar surface area (TPSA) is 273 Å². The molecule has 218 valence electrons. The van der Waals surface area contributed by atoms with Crippen molar-refractivity contribution < 1.29 is 39.0 Å². The van der Waals surface area contributed by atoms with Crippen LogP contribution in [-0.2, 0) is 35.2 Å². The zero-order valence-electron chi connectivity index (χ0n) is 21.7. The molecule has 0 aliphatic heterocycles. The molecule has 4 atom stereocenters. The van der Waals surface area contributed by atoms with Gasteiger partial charge in [-0.2, -0.15) is 0 Å². The van der Waals surface area contributed by atoms with E-state index in [2.05, 4.69) is 20.9 Å². The highest BCUT2D eigenvalue weighted by Gasteiger charge is 2.32. The first-order valence-electron chi connectivity index (χ1n) is 12.6. The highest BCUT2D eigenvalue weighted by atomic mass is 16.4. The molecule has 15 heteroatoms. The number of H-pyrrole nitrogens is 1. The van der Waals surface area contributed by atoms with Crippen LogP contribution in [-0.4, -0.2) is 81.5 Å². The number of amides is 4. The van der Waals surface area contributed by atoms with Crippen molar-refractivity contribution in [2.45, 2.75) is 62.7 Å². The van der Waals surface area contributed by atoms with Gasteiger partial charge in [-0.1, -0.05) is 18.2 Å². The zero-order valence-corrected chi connectivity index (χ0v) is 21.7. The van der Waals surface area contributed by atoms with Crippen molar-refractivity contribution in [2.75, 3.05) is 6.54 Å². The first-order valence-corrected chi connectivity index (χ1v) is 12.6. The number of benzene rings is 1. The standard InChI is InChI=1S/C25H35N7O8/c26-8-4-3-7-17(25(39)40)30-23(37)18(10-20(28)33)32-24(38)19(11-21(34)35)31-22(36)15(27)9-13-12-29-16-6-2-1-5-14(13)16/h1-2,5-6,12,15,17-19,29H,3-4,7-11,26-27H2,(H2,28,33)(H,30,37)(H,31,36)(H,32,38)(H,34,35)(H,39,40). The Balaban J connectivity index is 2.12.